The van der Waals surface area contributed by atoms with Crippen LogP contribution in [0.5, 0.6) is 5.75 Å². The molecular weight excluding hydrogens is 1060 g/mol. The molecule has 4 aliphatic rings. The summed E-state index contributed by atoms with van der Waals surface area (Å²) in [6, 6.07) is 33.0. The first-order valence-electron chi connectivity index (χ1n) is 29.8. The summed E-state index contributed by atoms with van der Waals surface area (Å²) in [4.78, 5) is 105. The van der Waals surface area contributed by atoms with Gasteiger partial charge in [-0.3, -0.25) is 33.6 Å². The van der Waals surface area contributed by atoms with Crippen LogP contribution in [-0.2, 0) is 67.6 Å². The molecule has 2 aliphatic carbocycles. The molecule has 0 saturated carbocycles. The standard InChI is InChI=1S/C67H83N9O8/c1-41(68-6)60(77)72-55(64(81)75-38-49-20-10-9-19-48(49)36-58(75)65(82)74(8)56-26-16-22-46-18-12-14-24-53(46)56)35-43-29-33-51(34-30-43)84-40-44-27-31-47(32-28-44)62(79)70-50-37-57(63(80)71-54-25-15-21-45-17-11-13-23-52(45)54)76(39-50)66(83)59(67(3,4)5)73-61(78)42(2)69-7/h9-14,17-20,23-24,27-34,41-42,50,54-59,68-69H,15-16,21-22,25-26,35-40H2,1-8H3,(H,70,79)(H,71,80)(H,72,77)(H,73,78)/t41-,42-,50-,54+,55-,56+,57-,58-,59+/m0/s1. The molecule has 2 heterocycles. The molecule has 9 atom stereocenters. The first-order chi connectivity index (χ1) is 40.3. The van der Waals surface area contributed by atoms with Crippen LogP contribution in [-0.4, -0.2) is 126 Å². The number of amides is 7. The van der Waals surface area contributed by atoms with Crippen molar-refractivity contribution in [3.8, 4) is 5.75 Å². The number of benzene rings is 5. The molecule has 5 aromatic carbocycles. The van der Waals surface area contributed by atoms with E-state index in [4.69, 9.17) is 4.74 Å². The SMILES string of the molecule is CN[C@@H](C)C(=O)N[C@@H](Cc1ccc(OCc2ccc(C(=O)N[C@H]3C[C@@H](C(=O)N[C@@H]4CCCc5ccccc54)N(C(=O)[C@@H](NC(=O)[C@H](C)NC)C(C)(C)C)C3)cc2)cc1)C(=O)N1Cc2ccccc2C[C@H]1C(=O)N(C)[C@@H]1CCCc2ccccc21. The van der Waals surface area contributed by atoms with Crippen LogP contribution in [0.25, 0.3) is 0 Å². The molecule has 0 unspecified atom stereocenters. The Kier molecular flexibility index (Phi) is 19.4. The number of ether oxygens (including phenoxy) is 1. The number of likely N-dealkylation sites (N-methyl/N-ethyl adjacent to an activating group) is 3. The van der Waals surface area contributed by atoms with Gasteiger partial charge in [-0.05, 0) is 147 Å². The van der Waals surface area contributed by atoms with E-state index in [1.165, 1.54) is 16.0 Å². The summed E-state index contributed by atoms with van der Waals surface area (Å²) >= 11 is 0. The van der Waals surface area contributed by atoms with Gasteiger partial charge in [-0.2, -0.15) is 0 Å². The molecule has 0 bridgehead atoms. The quantitative estimate of drug-likeness (QED) is 0.0535. The maximum Gasteiger partial charge on any atom is 0.251 e. The van der Waals surface area contributed by atoms with Crippen molar-refractivity contribution in [2.75, 3.05) is 27.7 Å². The Hall–Kier alpha value is -7.89. The predicted octanol–water partition coefficient (Wildman–Crippen LogP) is 6.42. The van der Waals surface area contributed by atoms with Crippen molar-refractivity contribution in [3.63, 3.8) is 0 Å². The predicted molar refractivity (Wildman–Crippen MR) is 322 cm³/mol. The summed E-state index contributed by atoms with van der Waals surface area (Å²) in [5.41, 5.74) is 7.89. The Balaban J connectivity index is 0.850. The minimum absolute atomic E-state index is 0.0725. The number of hydrogen-bond donors (Lipinski definition) is 6. The van der Waals surface area contributed by atoms with Crippen molar-refractivity contribution in [1.82, 2.24) is 46.6 Å². The highest BCUT2D eigenvalue weighted by atomic mass is 16.5. The van der Waals surface area contributed by atoms with Crippen molar-refractivity contribution >= 4 is 41.4 Å². The van der Waals surface area contributed by atoms with Gasteiger partial charge in [0.15, 0.2) is 0 Å². The Morgan fingerprint density at radius 2 is 1.23 bits per heavy atom. The van der Waals surface area contributed by atoms with Crippen LogP contribution in [0.1, 0.15) is 134 Å². The zero-order valence-electron chi connectivity index (χ0n) is 49.8. The van der Waals surface area contributed by atoms with Crippen molar-refractivity contribution in [2.24, 2.45) is 5.41 Å². The lowest BCUT2D eigenvalue weighted by Gasteiger charge is -2.42. The minimum atomic E-state index is -0.981. The van der Waals surface area contributed by atoms with Crippen LogP contribution in [0.4, 0.5) is 0 Å². The molecule has 17 nitrogen and oxygen atoms in total. The van der Waals surface area contributed by atoms with Crippen molar-refractivity contribution < 1.29 is 38.3 Å². The lowest BCUT2D eigenvalue weighted by molar-refractivity contribution is -0.149. The number of nitrogens with one attached hydrogen (secondary N) is 6. The fourth-order valence-corrected chi connectivity index (χ4v) is 12.3. The lowest BCUT2D eigenvalue weighted by atomic mass is 9.85. The molecule has 84 heavy (non-hydrogen) atoms. The average Bonchev–Trinajstić information content (AvgIpc) is 3.20. The molecule has 6 N–H and O–H groups in total. The van der Waals surface area contributed by atoms with E-state index in [1.807, 2.05) is 124 Å². The minimum Gasteiger partial charge on any atom is -0.489 e. The normalized spacial score (nSPS) is 20.5. The molecule has 5 aromatic rings. The monoisotopic (exact) mass is 1140 g/mol. The third-order valence-corrected chi connectivity index (χ3v) is 17.5. The van der Waals surface area contributed by atoms with Crippen LogP contribution in [0.2, 0.25) is 0 Å². The highest BCUT2D eigenvalue weighted by Crippen LogP contribution is 2.36. The summed E-state index contributed by atoms with van der Waals surface area (Å²) in [5.74, 6) is -1.64. The molecule has 1 fully saturated rings. The Morgan fingerprint density at radius 3 is 1.88 bits per heavy atom. The molecule has 7 amide bonds. The maximum absolute atomic E-state index is 15.1. The number of nitrogens with zero attached hydrogens (tertiary/aromatic N) is 3. The van der Waals surface area contributed by atoms with Gasteiger partial charge in [-0.1, -0.05) is 118 Å². The highest BCUT2D eigenvalue weighted by Gasteiger charge is 2.47. The van der Waals surface area contributed by atoms with Crippen LogP contribution < -0.4 is 36.6 Å². The van der Waals surface area contributed by atoms with Gasteiger partial charge in [0.25, 0.3) is 5.91 Å². The molecular formula is C67H83N9O8. The first-order valence-corrected chi connectivity index (χ1v) is 29.8. The van der Waals surface area contributed by atoms with Gasteiger partial charge < -0.3 is 51.3 Å². The van der Waals surface area contributed by atoms with E-state index in [-0.39, 0.29) is 80.1 Å². The summed E-state index contributed by atoms with van der Waals surface area (Å²) in [5, 5.41) is 18.2. The number of carbonyl (C=O) groups excluding carboxylic acids is 7. The van der Waals surface area contributed by atoms with Crippen LogP contribution in [0.15, 0.2) is 121 Å². The van der Waals surface area contributed by atoms with Gasteiger partial charge in [0.05, 0.1) is 24.2 Å². The van der Waals surface area contributed by atoms with Crippen LogP contribution in [0.3, 0.4) is 0 Å². The third kappa shape index (κ3) is 14.0. The van der Waals surface area contributed by atoms with E-state index in [2.05, 4.69) is 50.1 Å². The second-order valence-corrected chi connectivity index (χ2v) is 24.3. The Labute approximate surface area is 494 Å². The summed E-state index contributed by atoms with van der Waals surface area (Å²) in [6.45, 7) is 9.55. The van der Waals surface area contributed by atoms with Gasteiger partial charge in [0.1, 0.15) is 36.5 Å². The molecule has 2 aliphatic heterocycles. The molecule has 17 heteroatoms. The van der Waals surface area contributed by atoms with Gasteiger partial charge in [0, 0.05) is 44.6 Å². The van der Waals surface area contributed by atoms with E-state index in [0.717, 1.165) is 71.9 Å². The largest absolute Gasteiger partial charge is 0.489 e. The Bertz CT molecular complexity index is 3200. The summed E-state index contributed by atoms with van der Waals surface area (Å²) < 4.78 is 6.21. The van der Waals surface area contributed by atoms with E-state index in [0.29, 0.717) is 17.7 Å². The smallest absolute Gasteiger partial charge is 0.251 e. The van der Waals surface area contributed by atoms with Crippen molar-refractivity contribution in [3.05, 3.63) is 171 Å². The van der Waals surface area contributed by atoms with Gasteiger partial charge in [-0.25, -0.2) is 0 Å². The topological polar surface area (TPSA) is 211 Å². The molecule has 0 spiro atoms. The van der Waals surface area contributed by atoms with Crippen molar-refractivity contribution in [1.29, 1.82) is 0 Å². The number of aryl methyl sites for hydroxylation is 2. The van der Waals surface area contributed by atoms with E-state index < -0.39 is 53.6 Å². The zero-order valence-corrected chi connectivity index (χ0v) is 49.8. The number of fused-ring (bicyclic) bond motifs is 3. The molecule has 0 aromatic heterocycles. The van der Waals surface area contributed by atoms with Gasteiger partial charge >= 0.3 is 0 Å². The average molecular weight is 1140 g/mol. The summed E-state index contributed by atoms with van der Waals surface area (Å²) in [6.07, 6.45) is 6.07. The molecule has 1 saturated heterocycles. The third-order valence-electron chi connectivity index (χ3n) is 17.5. The van der Waals surface area contributed by atoms with Gasteiger partial charge in [-0.15, -0.1) is 0 Å². The summed E-state index contributed by atoms with van der Waals surface area (Å²) in [7, 11) is 5.21. The van der Waals surface area contributed by atoms with Crippen LogP contribution in [0, 0.1) is 5.41 Å². The first kappa shape index (κ1) is 60.7. The van der Waals surface area contributed by atoms with E-state index in [9.17, 15) is 28.8 Å². The lowest BCUT2D eigenvalue weighted by Crippen LogP contribution is -2.59. The second kappa shape index (κ2) is 26.8. The number of rotatable bonds is 19. The van der Waals surface area contributed by atoms with Gasteiger partial charge in [0.2, 0.25) is 35.4 Å². The zero-order chi connectivity index (χ0) is 59.8. The fraction of sp³-hybridized carbons (Fsp3) is 0.448. The number of carbonyl (C=O) groups is 7. The van der Waals surface area contributed by atoms with E-state index in [1.54, 1.807) is 45.0 Å². The fourth-order valence-electron chi connectivity index (χ4n) is 12.3. The Morgan fingerprint density at radius 1 is 0.643 bits per heavy atom. The maximum atomic E-state index is 15.1. The molecule has 0 radical (unpaired) electrons. The number of likely N-dealkylation sites (tertiary alicyclic amines) is 1. The molecule has 9 rings (SSSR count). The number of hydrogen-bond acceptors (Lipinski definition) is 10. The highest BCUT2D eigenvalue weighted by molar-refractivity contribution is 5.97. The second-order valence-electron chi connectivity index (χ2n) is 24.3. The van der Waals surface area contributed by atoms with Crippen LogP contribution >= 0.6 is 0 Å². The van der Waals surface area contributed by atoms with Crippen molar-refractivity contribution in [2.45, 2.75) is 160 Å². The van der Waals surface area contributed by atoms with E-state index >= 15 is 4.79 Å². The molecule has 444 valence electrons.